The highest BCUT2D eigenvalue weighted by atomic mass is 19.4. The van der Waals surface area contributed by atoms with Crippen molar-refractivity contribution in [1.82, 2.24) is 0 Å². The van der Waals surface area contributed by atoms with Crippen LogP contribution in [0.5, 0.6) is 11.5 Å². The molecule has 0 unspecified atom stereocenters. The highest BCUT2D eigenvalue weighted by Crippen LogP contribution is 2.34. The second-order valence-electron chi connectivity index (χ2n) is 3.74. The third-order valence-corrected chi connectivity index (χ3v) is 2.34. The fraction of sp³-hybridized carbons (Fsp3) is 0.0769. The lowest BCUT2D eigenvalue weighted by molar-refractivity contribution is -0.274. The van der Waals surface area contributed by atoms with Crippen LogP contribution in [-0.2, 0) is 0 Å². The number of benzene rings is 2. The van der Waals surface area contributed by atoms with E-state index in [2.05, 4.69) is 4.74 Å². The second-order valence-corrected chi connectivity index (χ2v) is 3.74. The van der Waals surface area contributed by atoms with E-state index in [1.54, 1.807) is 0 Å². The molecule has 0 radical (unpaired) electrons. The van der Waals surface area contributed by atoms with Crippen LogP contribution in [0.3, 0.4) is 0 Å². The molecule has 0 aliphatic carbocycles. The summed E-state index contributed by atoms with van der Waals surface area (Å²) in [4.78, 5) is 0. The summed E-state index contributed by atoms with van der Waals surface area (Å²) in [5.74, 6) is -1.47. The molecule has 0 aliphatic rings. The molecule has 2 aromatic rings. The van der Waals surface area contributed by atoms with Crippen molar-refractivity contribution in [2.24, 2.45) is 0 Å². The summed E-state index contributed by atoms with van der Waals surface area (Å²) < 4.78 is 52.7. The Balaban J connectivity index is 2.34. The van der Waals surface area contributed by atoms with Gasteiger partial charge in [-0.05, 0) is 29.8 Å². The fourth-order valence-corrected chi connectivity index (χ4v) is 1.61. The Kier molecular flexibility index (Phi) is 3.33. The average molecular weight is 272 g/mol. The van der Waals surface area contributed by atoms with Gasteiger partial charge in [-0.1, -0.05) is 12.1 Å². The minimum absolute atomic E-state index is 0.217. The van der Waals surface area contributed by atoms with Gasteiger partial charge < -0.3 is 9.84 Å². The molecule has 2 rings (SSSR count). The maximum Gasteiger partial charge on any atom is 0.573 e. The van der Waals surface area contributed by atoms with Crippen molar-refractivity contribution in [3.05, 3.63) is 48.3 Å². The zero-order chi connectivity index (χ0) is 14.0. The van der Waals surface area contributed by atoms with E-state index in [0.29, 0.717) is 5.56 Å². The first kappa shape index (κ1) is 13.2. The van der Waals surface area contributed by atoms with E-state index in [0.717, 1.165) is 12.1 Å². The molecule has 0 bridgehead atoms. The first-order valence-electron chi connectivity index (χ1n) is 5.20. The Bertz CT molecular complexity index is 593. The van der Waals surface area contributed by atoms with Crippen LogP contribution in [0.4, 0.5) is 17.6 Å². The van der Waals surface area contributed by atoms with Crippen LogP contribution in [0, 0.1) is 5.82 Å². The first-order valence-corrected chi connectivity index (χ1v) is 5.20. The monoisotopic (exact) mass is 272 g/mol. The summed E-state index contributed by atoms with van der Waals surface area (Å²) in [5.41, 5.74) is 0.574. The Labute approximate surface area is 105 Å². The van der Waals surface area contributed by atoms with Crippen LogP contribution in [0.1, 0.15) is 0 Å². The third kappa shape index (κ3) is 3.37. The smallest absolute Gasteiger partial charge is 0.507 e. The summed E-state index contributed by atoms with van der Waals surface area (Å²) >= 11 is 0. The summed E-state index contributed by atoms with van der Waals surface area (Å²) in [7, 11) is 0. The van der Waals surface area contributed by atoms with E-state index in [-0.39, 0.29) is 5.56 Å². The molecule has 0 heterocycles. The summed E-state index contributed by atoms with van der Waals surface area (Å²) in [5, 5.41) is 9.66. The van der Waals surface area contributed by atoms with Gasteiger partial charge in [0.15, 0.2) is 0 Å². The molecule has 19 heavy (non-hydrogen) atoms. The number of rotatable bonds is 2. The second kappa shape index (κ2) is 4.79. The molecule has 0 saturated heterocycles. The minimum Gasteiger partial charge on any atom is -0.507 e. The van der Waals surface area contributed by atoms with Crippen LogP contribution in [0.15, 0.2) is 42.5 Å². The van der Waals surface area contributed by atoms with Crippen molar-refractivity contribution >= 4 is 0 Å². The number of halogens is 4. The van der Waals surface area contributed by atoms with Crippen molar-refractivity contribution in [2.45, 2.75) is 6.36 Å². The zero-order valence-corrected chi connectivity index (χ0v) is 9.41. The van der Waals surface area contributed by atoms with E-state index >= 15 is 0 Å². The van der Waals surface area contributed by atoms with Gasteiger partial charge in [0.2, 0.25) is 0 Å². The SMILES string of the molecule is Oc1cc(OC(F)(F)F)ccc1-c1cccc(F)c1. The molecule has 6 heteroatoms. The van der Waals surface area contributed by atoms with Crippen molar-refractivity contribution < 1.29 is 27.4 Å². The molecule has 0 spiro atoms. The molecule has 0 aromatic heterocycles. The number of alkyl halides is 3. The maximum absolute atomic E-state index is 13.0. The van der Waals surface area contributed by atoms with Crippen LogP contribution in [0.25, 0.3) is 11.1 Å². The molecule has 2 nitrogen and oxygen atoms in total. The number of hydrogen-bond acceptors (Lipinski definition) is 2. The van der Waals surface area contributed by atoms with Crippen LogP contribution >= 0.6 is 0 Å². The maximum atomic E-state index is 13.0. The van der Waals surface area contributed by atoms with Gasteiger partial charge >= 0.3 is 6.36 Å². The predicted molar refractivity (Wildman–Crippen MR) is 60.2 cm³/mol. The van der Waals surface area contributed by atoms with Crippen LogP contribution < -0.4 is 4.74 Å². The average Bonchev–Trinajstić information content (AvgIpc) is 2.26. The van der Waals surface area contributed by atoms with Gasteiger partial charge in [0.1, 0.15) is 17.3 Å². The van der Waals surface area contributed by atoms with Crippen molar-refractivity contribution in [3.8, 4) is 22.6 Å². The topological polar surface area (TPSA) is 29.5 Å². The van der Waals surface area contributed by atoms with Crippen molar-refractivity contribution in [2.75, 3.05) is 0 Å². The first-order chi connectivity index (χ1) is 8.85. The lowest BCUT2D eigenvalue weighted by atomic mass is 10.0. The largest absolute Gasteiger partial charge is 0.573 e. The van der Waals surface area contributed by atoms with Gasteiger partial charge in [-0.3, -0.25) is 0 Å². The van der Waals surface area contributed by atoms with Gasteiger partial charge in [-0.2, -0.15) is 0 Å². The summed E-state index contributed by atoms with van der Waals surface area (Å²) in [6, 6.07) is 8.46. The number of phenols is 1. The van der Waals surface area contributed by atoms with E-state index < -0.39 is 23.7 Å². The highest BCUT2D eigenvalue weighted by Gasteiger charge is 2.31. The standard InChI is InChI=1S/C13H8F4O2/c14-9-3-1-2-8(6-9)11-5-4-10(7-12(11)18)19-13(15,16)17/h1-7,18H. The van der Waals surface area contributed by atoms with Gasteiger partial charge in [0.05, 0.1) is 0 Å². The molecule has 0 aliphatic heterocycles. The normalized spacial score (nSPS) is 11.4. The minimum atomic E-state index is -4.83. The lowest BCUT2D eigenvalue weighted by Crippen LogP contribution is -2.16. The molecule has 2 aromatic carbocycles. The van der Waals surface area contributed by atoms with Crippen LogP contribution in [-0.4, -0.2) is 11.5 Å². The Morgan fingerprint density at radius 2 is 1.74 bits per heavy atom. The fourth-order valence-electron chi connectivity index (χ4n) is 1.61. The summed E-state index contributed by atoms with van der Waals surface area (Å²) in [6.45, 7) is 0. The van der Waals surface area contributed by atoms with Crippen molar-refractivity contribution in [3.63, 3.8) is 0 Å². The van der Waals surface area contributed by atoms with Gasteiger partial charge in [-0.15, -0.1) is 13.2 Å². The van der Waals surface area contributed by atoms with Gasteiger partial charge in [0.25, 0.3) is 0 Å². The Morgan fingerprint density at radius 3 is 2.32 bits per heavy atom. The molecule has 0 atom stereocenters. The van der Waals surface area contributed by atoms with Gasteiger partial charge in [0, 0.05) is 11.6 Å². The molecule has 100 valence electrons. The van der Waals surface area contributed by atoms with Crippen molar-refractivity contribution in [1.29, 1.82) is 0 Å². The van der Waals surface area contributed by atoms with E-state index in [1.807, 2.05) is 0 Å². The molecule has 1 N–H and O–H groups in total. The lowest BCUT2D eigenvalue weighted by Gasteiger charge is -2.11. The number of aromatic hydroxyl groups is 1. The number of phenolic OH excluding ortho intramolecular Hbond substituents is 1. The molecule has 0 fully saturated rings. The molecule has 0 amide bonds. The quantitative estimate of drug-likeness (QED) is 0.834. The predicted octanol–water partition coefficient (Wildman–Crippen LogP) is 4.10. The Morgan fingerprint density at radius 1 is 1.00 bits per heavy atom. The molecular weight excluding hydrogens is 264 g/mol. The number of hydrogen-bond donors (Lipinski definition) is 1. The third-order valence-electron chi connectivity index (χ3n) is 2.34. The van der Waals surface area contributed by atoms with E-state index in [1.165, 1.54) is 30.3 Å². The summed E-state index contributed by atoms with van der Waals surface area (Å²) in [6.07, 6.45) is -4.83. The Hall–Kier alpha value is -2.24. The number of ether oxygens (including phenoxy) is 1. The van der Waals surface area contributed by atoms with Gasteiger partial charge in [-0.25, -0.2) is 4.39 Å². The van der Waals surface area contributed by atoms with Crippen LogP contribution in [0.2, 0.25) is 0 Å². The van der Waals surface area contributed by atoms with E-state index in [4.69, 9.17) is 0 Å². The zero-order valence-electron chi connectivity index (χ0n) is 9.41. The highest BCUT2D eigenvalue weighted by molar-refractivity contribution is 5.71. The molecule has 0 saturated carbocycles. The van der Waals surface area contributed by atoms with E-state index in [9.17, 15) is 22.7 Å². The molecular formula is C13H8F4O2.